The van der Waals surface area contributed by atoms with Gasteiger partial charge in [-0.1, -0.05) is 18.5 Å². The summed E-state index contributed by atoms with van der Waals surface area (Å²) >= 11 is 7.50. The monoisotopic (exact) mass is 523 g/mol. The van der Waals surface area contributed by atoms with E-state index in [1.807, 2.05) is 6.07 Å². The fourth-order valence-electron chi connectivity index (χ4n) is 3.67. The number of alkyl halides is 2. The van der Waals surface area contributed by atoms with Gasteiger partial charge in [0.25, 0.3) is 5.91 Å². The quantitative estimate of drug-likeness (QED) is 0.375. The molecule has 0 aliphatic carbocycles. The highest BCUT2D eigenvalue weighted by atomic mass is 35.5. The molecule has 1 aliphatic heterocycles. The number of anilines is 5. The van der Waals surface area contributed by atoms with Gasteiger partial charge in [-0.15, -0.1) is 11.3 Å². The average molecular weight is 524 g/mol. The van der Waals surface area contributed by atoms with Crippen molar-refractivity contribution >= 4 is 57.7 Å². The average Bonchev–Trinajstić information content (AvgIpc) is 3.30. The van der Waals surface area contributed by atoms with Gasteiger partial charge in [-0.25, -0.2) is 4.98 Å². The van der Waals surface area contributed by atoms with Crippen molar-refractivity contribution in [1.82, 2.24) is 14.9 Å². The third-order valence-electron chi connectivity index (χ3n) is 5.54. The molecule has 1 aliphatic rings. The van der Waals surface area contributed by atoms with Crippen LogP contribution in [0.4, 0.5) is 37.6 Å². The van der Waals surface area contributed by atoms with Crippen molar-refractivity contribution in [2.24, 2.45) is 5.73 Å². The van der Waals surface area contributed by atoms with Crippen molar-refractivity contribution in [3.8, 4) is 5.75 Å². The standard InChI is InChI=1S/C22H24ClF2N7O2S/c1-2-31-5-7-32(8-6-31)13-3-4-16(18(9-13)34-21(24)25)29-22-27-10-15(23)20(30-22)28-17-12-35-11-14(17)19(26)33/h3-4,9-12,21H,2,5-8H2,1H3,(H2,26,33)(H2,27,28,29,30). The third kappa shape index (κ3) is 6.08. The smallest absolute Gasteiger partial charge is 0.387 e. The molecule has 2 aromatic heterocycles. The number of piperazine rings is 1. The van der Waals surface area contributed by atoms with E-state index in [1.165, 1.54) is 17.5 Å². The van der Waals surface area contributed by atoms with Crippen LogP contribution >= 0.6 is 22.9 Å². The summed E-state index contributed by atoms with van der Waals surface area (Å²) in [5, 5.41) is 9.37. The topological polar surface area (TPSA) is 109 Å². The fraction of sp³-hybridized carbons (Fsp3) is 0.318. The zero-order valence-electron chi connectivity index (χ0n) is 18.8. The molecule has 4 N–H and O–H groups in total. The molecule has 35 heavy (non-hydrogen) atoms. The number of thiophene rings is 1. The van der Waals surface area contributed by atoms with Gasteiger partial charge >= 0.3 is 6.61 Å². The number of nitrogens with two attached hydrogens (primary N) is 1. The van der Waals surface area contributed by atoms with E-state index in [1.54, 1.807) is 22.9 Å². The Labute approximate surface area is 209 Å². The molecule has 0 spiro atoms. The second kappa shape index (κ2) is 11.0. The van der Waals surface area contributed by atoms with Gasteiger partial charge in [0.05, 0.1) is 23.1 Å². The largest absolute Gasteiger partial charge is 0.433 e. The minimum absolute atomic E-state index is 0.0303. The van der Waals surface area contributed by atoms with Crippen LogP contribution in [0.15, 0.2) is 35.2 Å². The van der Waals surface area contributed by atoms with Gasteiger partial charge in [-0.3, -0.25) is 4.79 Å². The maximum Gasteiger partial charge on any atom is 0.387 e. The summed E-state index contributed by atoms with van der Waals surface area (Å²) in [5.41, 5.74) is 7.19. The molecule has 3 heterocycles. The Bertz CT molecular complexity index is 1190. The molecule has 0 unspecified atom stereocenters. The van der Waals surface area contributed by atoms with Gasteiger partial charge < -0.3 is 30.9 Å². The number of carbonyl (C=O) groups excluding carboxylic acids is 1. The summed E-state index contributed by atoms with van der Waals surface area (Å²) in [6.07, 6.45) is 1.35. The number of nitrogens with zero attached hydrogens (tertiary/aromatic N) is 4. The summed E-state index contributed by atoms with van der Waals surface area (Å²) in [6, 6.07) is 5.06. The molecule has 1 saturated heterocycles. The number of ether oxygens (including phenoxy) is 1. The van der Waals surface area contributed by atoms with E-state index in [-0.39, 0.29) is 28.2 Å². The van der Waals surface area contributed by atoms with Crippen LogP contribution < -0.4 is 26.0 Å². The number of benzene rings is 1. The molecule has 13 heteroatoms. The first-order valence-electron chi connectivity index (χ1n) is 10.8. The van der Waals surface area contributed by atoms with Crippen LogP contribution in [0.25, 0.3) is 0 Å². The van der Waals surface area contributed by atoms with E-state index < -0.39 is 12.5 Å². The van der Waals surface area contributed by atoms with E-state index >= 15 is 0 Å². The minimum Gasteiger partial charge on any atom is -0.433 e. The highest BCUT2D eigenvalue weighted by Crippen LogP contribution is 2.34. The van der Waals surface area contributed by atoms with Crippen molar-refractivity contribution in [3.63, 3.8) is 0 Å². The first kappa shape index (κ1) is 24.9. The molecule has 9 nitrogen and oxygen atoms in total. The van der Waals surface area contributed by atoms with Gasteiger partial charge in [0.2, 0.25) is 5.95 Å². The molecule has 3 aromatic rings. The Balaban J connectivity index is 1.56. The van der Waals surface area contributed by atoms with Crippen molar-refractivity contribution in [3.05, 3.63) is 45.7 Å². The molecule has 0 bridgehead atoms. The van der Waals surface area contributed by atoms with Gasteiger partial charge in [0.15, 0.2) is 11.6 Å². The number of hydrogen-bond acceptors (Lipinski definition) is 9. The van der Waals surface area contributed by atoms with Crippen molar-refractivity contribution < 1.29 is 18.3 Å². The van der Waals surface area contributed by atoms with Crippen molar-refractivity contribution in [2.75, 3.05) is 48.3 Å². The summed E-state index contributed by atoms with van der Waals surface area (Å²) in [4.78, 5) is 24.5. The van der Waals surface area contributed by atoms with E-state index in [9.17, 15) is 13.6 Å². The summed E-state index contributed by atoms with van der Waals surface area (Å²) in [7, 11) is 0. The number of rotatable bonds is 9. The molecule has 186 valence electrons. The number of primary amides is 1. The van der Waals surface area contributed by atoms with Crippen LogP contribution in [0.3, 0.4) is 0 Å². The van der Waals surface area contributed by atoms with Crippen LogP contribution in [0, 0.1) is 0 Å². The number of halogens is 3. The maximum atomic E-state index is 13.2. The number of carbonyl (C=O) groups is 1. The highest BCUT2D eigenvalue weighted by molar-refractivity contribution is 7.08. The van der Waals surface area contributed by atoms with Crippen LogP contribution in [0.5, 0.6) is 5.75 Å². The van der Waals surface area contributed by atoms with Gasteiger partial charge in [0.1, 0.15) is 5.02 Å². The van der Waals surface area contributed by atoms with Gasteiger partial charge in [-0.05, 0) is 18.7 Å². The zero-order chi connectivity index (χ0) is 24.9. The number of aromatic nitrogens is 2. The lowest BCUT2D eigenvalue weighted by atomic mass is 10.2. The predicted octanol–water partition coefficient (Wildman–Crippen LogP) is 4.52. The molecule has 0 atom stereocenters. The van der Waals surface area contributed by atoms with Gasteiger partial charge in [0, 0.05) is 48.7 Å². The Kier molecular flexibility index (Phi) is 7.83. The summed E-state index contributed by atoms with van der Waals surface area (Å²) in [5.74, 6) is -0.317. The van der Waals surface area contributed by atoms with Gasteiger partial charge in [-0.2, -0.15) is 13.8 Å². The number of likely N-dealkylation sites (N-methyl/N-ethyl adjacent to an activating group) is 1. The molecule has 0 radical (unpaired) electrons. The first-order valence-corrected chi connectivity index (χ1v) is 12.1. The summed E-state index contributed by atoms with van der Waals surface area (Å²) in [6.45, 7) is 3.47. The van der Waals surface area contributed by atoms with E-state index in [4.69, 9.17) is 22.1 Å². The minimum atomic E-state index is -3.00. The van der Waals surface area contributed by atoms with E-state index in [0.29, 0.717) is 11.3 Å². The van der Waals surface area contributed by atoms with E-state index in [0.717, 1.165) is 38.4 Å². The van der Waals surface area contributed by atoms with Crippen LogP contribution in [0.2, 0.25) is 5.02 Å². The lowest BCUT2D eigenvalue weighted by molar-refractivity contribution is -0.0493. The highest BCUT2D eigenvalue weighted by Gasteiger charge is 2.19. The lowest BCUT2D eigenvalue weighted by Crippen LogP contribution is -2.46. The fourth-order valence-corrected chi connectivity index (χ4v) is 4.58. The normalized spacial score (nSPS) is 14.3. The Morgan fingerprint density at radius 2 is 2.00 bits per heavy atom. The second-order valence-corrected chi connectivity index (χ2v) is 8.83. The summed E-state index contributed by atoms with van der Waals surface area (Å²) < 4.78 is 31.1. The van der Waals surface area contributed by atoms with Crippen LogP contribution in [-0.2, 0) is 0 Å². The zero-order valence-corrected chi connectivity index (χ0v) is 20.4. The molecule has 4 rings (SSSR count). The lowest BCUT2D eigenvalue weighted by Gasteiger charge is -2.35. The number of amides is 1. The predicted molar refractivity (Wildman–Crippen MR) is 134 cm³/mol. The van der Waals surface area contributed by atoms with Crippen molar-refractivity contribution in [1.29, 1.82) is 0 Å². The van der Waals surface area contributed by atoms with Crippen LogP contribution in [0.1, 0.15) is 17.3 Å². The Hall–Kier alpha value is -3.22. The molecule has 0 saturated carbocycles. The number of nitrogens with one attached hydrogen (secondary N) is 2. The Morgan fingerprint density at radius 3 is 2.69 bits per heavy atom. The molecule has 1 amide bonds. The number of hydrogen-bond donors (Lipinski definition) is 3. The SMILES string of the molecule is CCN1CCN(c2ccc(Nc3ncc(Cl)c(Nc4cscc4C(N)=O)n3)c(OC(F)F)c2)CC1. The first-order chi connectivity index (χ1) is 16.8. The molecular weight excluding hydrogens is 500 g/mol. The van der Waals surface area contributed by atoms with Crippen molar-refractivity contribution in [2.45, 2.75) is 13.5 Å². The third-order valence-corrected chi connectivity index (χ3v) is 6.56. The molecule has 1 fully saturated rings. The Morgan fingerprint density at radius 1 is 1.23 bits per heavy atom. The molecular formula is C22H24ClF2N7O2S. The van der Waals surface area contributed by atoms with Crippen LogP contribution in [-0.4, -0.2) is 60.1 Å². The molecule has 1 aromatic carbocycles. The van der Waals surface area contributed by atoms with E-state index in [2.05, 4.69) is 37.3 Å². The second-order valence-electron chi connectivity index (χ2n) is 7.68. The maximum absolute atomic E-state index is 13.2.